The van der Waals surface area contributed by atoms with Crippen molar-refractivity contribution in [3.05, 3.63) is 0 Å². The fourth-order valence-corrected chi connectivity index (χ4v) is 15.1. The Kier molecular flexibility index (Phi) is 77.3. The Morgan fingerprint density at radius 2 is 0.438 bits per heavy atom. The maximum Gasteiger partial charge on any atom is 0.472 e. The molecule has 0 fully saturated rings. The van der Waals surface area contributed by atoms with Crippen molar-refractivity contribution < 1.29 is 80.2 Å². The number of aliphatic hydroxyl groups excluding tert-OH is 1. The minimum absolute atomic E-state index is 0.109. The number of ether oxygens (including phenoxy) is 4. The van der Waals surface area contributed by atoms with Crippen LogP contribution in [0.5, 0.6) is 0 Å². The highest BCUT2D eigenvalue weighted by molar-refractivity contribution is 7.47. The van der Waals surface area contributed by atoms with Gasteiger partial charge in [0.25, 0.3) is 0 Å². The first-order valence-electron chi connectivity index (χ1n) is 44.6. The van der Waals surface area contributed by atoms with Crippen LogP contribution >= 0.6 is 15.6 Å². The number of phosphoric ester groups is 2. The molecule has 3 N–H and O–H groups in total. The molecule has 2 unspecified atom stereocenters. The summed E-state index contributed by atoms with van der Waals surface area (Å²) in [4.78, 5) is 73.2. The van der Waals surface area contributed by atoms with Crippen molar-refractivity contribution in [2.75, 3.05) is 39.6 Å². The summed E-state index contributed by atoms with van der Waals surface area (Å²) in [5.41, 5.74) is 0. The van der Waals surface area contributed by atoms with Crippen molar-refractivity contribution >= 4 is 39.5 Å². The van der Waals surface area contributed by atoms with E-state index in [2.05, 4.69) is 34.6 Å². The first-order chi connectivity index (χ1) is 51.0. The number of hydrogen-bond donors (Lipinski definition) is 3. The molecule has 0 aromatic heterocycles. The van der Waals surface area contributed by atoms with Crippen LogP contribution in [0.1, 0.15) is 465 Å². The topological polar surface area (TPSA) is 237 Å². The van der Waals surface area contributed by atoms with E-state index in [-0.39, 0.29) is 25.7 Å². The first kappa shape index (κ1) is 103. The molecule has 0 radical (unpaired) electrons. The van der Waals surface area contributed by atoms with Crippen molar-refractivity contribution in [1.82, 2.24) is 0 Å². The van der Waals surface area contributed by atoms with E-state index in [1.165, 1.54) is 289 Å². The molecule has 0 spiro atoms. The highest BCUT2D eigenvalue weighted by Gasteiger charge is 2.30. The van der Waals surface area contributed by atoms with Crippen LogP contribution in [-0.2, 0) is 65.4 Å². The van der Waals surface area contributed by atoms with Gasteiger partial charge in [0.15, 0.2) is 12.2 Å². The summed E-state index contributed by atoms with van der Waals surface area (Å²) < 4.78 is 68.9. The SMILES string of the molecule is CCCCCCCCCCCCCCCCCCCCC(=O)OC[C@H](COP(=O)(O)OC[C@@H](O)COP(=O)(O)OC[C@@H](COC(=O)CCCCCCCCCCCCC)OC(=O)CCCCCCCCCCCCCCCCCCC)OC(=O)CCCCCCCCCCCCCCCCCCC(C)C. The number of rotatable bonds is 86. The molecule has 0 aromatic carbocycles. The number of phosphoric acid groups is 2. The Balaban J connectivity index is 5.24. The van der Waals surface area contributed by atoms with E-state index in [0.717, 1.165) is 95.8 Å². The van der Waals surface area contributed by atoms with Crippen molar-refractivity contribution in [1.29, 1.82) is 0 Å². The van der Waals surface area contributed by atoms with E-state index in [1.54, 1.807) is 0 Å². The van der Waals surface area contributed by atoms with E-state index >= 15 is 0 Å². The van der Waals surface area contributed by atoms with Gasteiger partial charge in [0, 0.05) is 25.7 Å². The lowest BCUT2D eigenvalue weighted by Crippen LogP contribution is -2.30. The number of carbonyl (C=O) groups excluding carboxylic acids is 4. The van der Waals surface area contributed by atoms with Gasteiger partial charge >= 0.3 is 39.5 Å². The standard InChI is InChI=1S/C86H168O17P2/c1-6-9-12-15-18-21-24-26-28-30-32-36-40-45-50-55-60-65-70-84(89)97-76-82(103-86(91)72-67-62-57-52-47-42-38-34-33-35-39-44-48-53-58-63-68-79(4)5)78-101-105(94,95)99-74-80(87)73-98-104(92,93)100-77-81(75-96-83(88)69-64-59-54-49-43-23-20-17-14-11-8-3)102-85(90)71-66-61-56-51-46-41-37-31-29-27-25-22-19-16-13-10-7-2/h79-82,87H,6-78H2,1-5H3,(H,92,93)(H,94,95)/t80-,81+,82+/m0/s1. The number of esters is 4. The normalized spacial score (nSPS) is 13.8. The molecule has 0 aliphatic carbocycles. The zero-order chi connectivity index (χ0) is 76.9. The monoisotopic (exact) mass is 1540 g/mol. The first-order valence-corrected chi connectivity index (χ1v) is 47.6. The molecule has 17 nitrogen and oxygen atoms in total. The van der Waals surface area contributed by atoms with Crippen LogP contribution < -0.4 is 0 Å². The summed E-state index contributed by atoms with van der Waals surface area (Å²) in [5.74, 6) is -1.29. The third-order valence-corrected chi connectivity index (χ3v) is 22.2. The second-order valence-corrected chi connectivity index (χ2v) is 34.3. The maximum atomic E-state index is 13.1. The average molecular weight is 1540 g/mol. The predicted octanol–water partition coefficient (Wildman–Crippen LogP) is 26.4. The molecule has 5 atom stereocenters. The quantitative estimate of drug-likeness (QED) is 0.0222. The van der Waals surface area contributed by atoms with Gasteiger partial charge in [-0.3, -0.25) is 37.3 Å². The maximum absolute atomic E-state index is 13.1. The van der Waals surface area contributed by atoms with E-state index in [4.69, 9.17) is 37.0 Å². The zero-order valence-electron chi connectivity index (χ0n) is 68.9. The predicted molar refractivity (Wildman–Crippen MR) is 432 cm³/mol. The molecule has 19 heteroatoms. The van der Waals surface area contributed by atoms with Gasteiger partial charge in [-0.1, -0.05) is 413 Å². The van der Waals surface area contributed by atoms with E-state index in [1.807, 2.05) is 0 Å². The highest BCUT2D eigenvalue weighted by atomic mass is 31.2. The summed E-state index contributed by atoms with van der Waals surface area (Å²) in [5, 5.41) is 10.7. The number of carbonyl (C=O) groups is 4. The molecular weight excluding hydrogens is 1370 g/mol. The molecule has 0 saturated carbocycles. The van der Waals surface area contributed by atoms with Crippen LogP contribution in [-0.4, -0.2) is 96.7 Å². The molecular formula is C86H168O17P2. The molecule has 624 valence electrons. The van der Waals surface area contributed by atoms with Gasteiger partial charge in [-0.25, -0.2) is 9.13 Å². The molecule has 0 aliphatic heterocycles. The highest BCUT2D eigenvalue weighted by Crippen LogP contribution is 2.45. The summed E-state index contributed by atoms with van der Waals surface area (Å²) in [6.45, 7) is 7.40. The lowest BCUT2D eigenvalue weighted by Gasteiger charge is -2.21. The summed E-state index contributed by atoms with van der Waals surface area (Å²) >= 11 is 0. The third kappa shape index (κ3) is 79.9. The Morgan fingerprint density at radius 1 is 0.257 bits per heavy atom. The van der Waals surface area contributed by atoms with Crippen molar-refractivity contribution in [3.8, 4) is 0 Å². The molecule has 0 heterocycles. The second-order valence-electron chi connectivity index (χ2n) is 31.4. The fourth-order valence-electron chi connectivity index (χ4n) is 13.5. The van der Waals surface area contributed by atoms with Crippen LogP contribution in [0.15, 0.2) is 0 Å². The summed E-state index contributed by atoms with van der Waals surface area (Å²) in [7, 11) is -9.93. The van der Waals surface area contributed by atoms with Crippen molar-refractivity contribution in [2.24, 2.45) is 5.92 Å². The number of unbranched alkanes of at least 4 members (excludes halogenated alkanes) is 58. The van der Waals surface area contributed by atoms with E-state index < -0.39 is 97.5 Å². The molecule has 0 amide bonds. The Bertz CT molecular complexity index is 2000. The summed E-state index contributed by atoms with van der Waals surface area (Å²) in [6, 6.07) is 0. The van der Waals surface area contributed by atoms with E-state index in [9.17, 15) is 43.2 Å². The Morgan fingerprint density at radius 3 is 0.648 bits per heavy atom. The smallest absolute Gasteiger partial charge is 0.462 e. The molecule has 0 rings (SSSR count). The van der Waals surface area contributed by atoms with Gasteiger partial charge in [0.05, 0.1) is 26.4 Å². The lowest BCUT2D eigenvalue weighted by molar-refractivity contribution is -0.161. The van der Waals surface area contributed by atoms with Gasteiger partial charge in [-0.15, -0.1) is 0 Å². The van der Waals surface area contributed by atoms with Gasteiger partial charge in [0.1, 0.15) is 19.3 Å². The average Bonchev–Trinajstić information content (AvgIpc) is 0.920. The van der Waals surface area contributed by atoms with Gasteiger partial charge in [0.2, 0.25) is 0 Å². The fraction of sp³-hybridized carbons (Fsp3) is 0.953. The van der Waals surface area contributed by atoms with Crippen LogP contribution in [0.25, 0.3) is 0 Å². The van der Waals surface area contributed by atoms with Gasteiger partial charge in [-0.05, 0) is 31.6 Å². The summed E-state index contributed by atoms with van der Waals surface area (Å²) in [6.07, 6.45) is 72.1. The van der Waals surface area contributed by atoms with Gasteiger partial charge in [-0.2, -0.15) is 0 Å². The molecule has 105 heavy (non-hydrogen) atoms. The van der Waals surface area contributed by atoms with Crippen LogP contribution in [0.4, 0.5) is 0 Å². The number of hydrogen-bond acceptors (Lipinski definition) is 15. The molecule has 0 aromatic rings. The van der Waals surface area contributed by atoms with Crippen LogP contribution in [0.3, 0.4) is 0 Å². The van der Waals surface area contributed by atoms with Gasteiger partial charge < -0.3 is 33.8 Å². The molecule has 0 saturated heterocycles. The molecule has 0 bridgehead atoms. The van der Waals surface area contributed by atoms with E-state index in [0.29, 0.717) is 25.7 Å². The second kappa shape index (κ2) is 78.7. The Hall–Kier alpha value is -1.94. The third-order valence-electron chi connectivity index (χ3n) is 20.3. The number of aliphatic hydroxyl groups is 1. The minimum Gasteiger partial charge on any atom is -0.462 e. The van der Waals surface area contributed by atoms with Crippen LogP contribution in [0, 0.1) is 5.92 Å². The van der Waals surface area contributed by atoms with Crippen molar-refractivity contribution in [3.63, 3.8) is 0 Å². The van der Waals surface area contributed by atoms with Crippen molar-refractivity contribution in [2.45, 2.75) is 483 Å². The largest absolute Gasteiger partial charge is 0.472 e. The zero-order valence-corrected chi connectivity index (χ0v) is 70.7. The lowest BCUT2D eigenvalue weighted by atomic mass is 10.0. The Labute approximate surface area is 645 Å². The molecule has 0 aliphatic rings. The minimum atomic E-state index is -4.97. The van der Waals surface area contributed by atoms with Crippen LogP contribution in [0.2, 0.25) is 0 Å².